The number of pyridine rings is 1. The first-order valence-corrected chi connectivity index (χ1v) is 11.6. The normalized spacial score (nSPS) is 15.4. The maximum absolute atomic E-state index is 11.7. The van der Waals surface area contributed by atoms with Gasteiger partial charge in [0, 0.05) is 17.7 Å². The predicted octanol–water partition coefficient (Wildman–Crippen LogP) is 2.85. The van der Waals surface area contributed by atoms with E-state index < -0.39 is 12.0 Å². The molecule has 36 heavy (non-hydrogen) atoms. The smallest absolute Gasteiger partial charge is 0.326 e. The van der Waals surface area contributed by atoms with Gasteiger partial charge in [0.05, 0.1) is 29.8 Å². The molecule has 1 saturated heterocycles. The zero-order valence-corrected chi connectivity index (χ0v) is 19.4. The number of hydrogen-bond donors (Lipinski definition) is 2. The van der Waals surface area contributed by atoms with Gasteiger partial charge in [0.1, 0.15) is 17.6 Å². The number of nitrogen functional groups attached to an aromatic ring is 1. The van der Waals surface area contributed by atoms with Gasteiger partial charge in [0.25, 0.3) is 0 Å². The standard InChI is InChI=1S/C26H24N8O2/c1-2-17-7-5-8-18(13-17)20-14-21(30-26(27)29-20)22-16-33(32-31-22)15-19-9-6-11-24(28-19)34-12-4-3-10-23(34)25(35)36/h1,5-9,11,13-14,16,23H,3-4,10,12,15H2,(H,35,36)(H2,27,29,30). The second kappa shape index (κ2) is 9.84. The number of benzene rings is 1. The molecule has 1 unspecified atom stereocenters. The van der Waals surface area contributed by atoms with E-state index in [1.54, 1.807) is 16.9 Å². The summed E-state index contributed by atoms with van der Waals surface area (Å²) in [6.07, 6.45) is 9.75. The van der Waals surface area contributed by atoms with E-state index in [-0.39, 0.29) is 5.95 Å². The highest BCUT2D eigenvalue weighted by Gasteiger charge is 2.29. The minimum atomic E-state index is -0.822. The molecule has 0 spiro atoms. The summed E-state index contributed by atoms with van der Waals surface area (Å²) < 4.78 is 1.66. The Kier molecular flexibility index (Phi) is 6.28. The number of nitrogens with two attached hydrogens (primary N) is 1. The molecule has 1 aromatic carbocycles. The van der Waals surface area contributed by atoms with Crippen LogP contribution in [0.15, 0.2) is 54.7 Å². The van der Waals surface area contributed by atoms with Gasteiger partial charge in [-0.2, -0.15) is 0 Å². The number of terminal acetylenes is 1. The third-order valence-corrected chi connectivity index (χ3v) is 6.07. The lowest BCUT2D eigenvalue weighted by atomic mass is 10.0. The topological polar surface area (TPSA) is 136 Å². The van der Waals surface area contributed by atoms with Crippen molar-refractivity contribution in [1.82, 2.24) is 29.9 Å². The first kappa shape index (κ1) is 23.0. The second-order valence-electron chi connectivity index (χ2n) is 8.55. The van der Waals surface area contributed by atoms with Crippen LogP contribution in [-0.2, 0) is 11.3 Å². The van der Waals surface area contributed by atoms with Gasteiger partial charge in [-0.05, 0) is 49.6 Å². The summed E-state index contributed by atoms with van der Waals surface area (Å²) in [6, 6.07) is 14.3. The Balaban J connectivity index is 1.38. The highest BCUT2D eigenvalue weighted by Crippen LogP contribution is 2.25. The van der Waals surface area contributed by atoms with Gasteiger partial charge < -0.3 is 15.7 Å². The fourth-order valence-electron chi connectivity index (χ4n) is 4.35. The molecule has 1 aliphatic rings. The molecule has 1 fully saturated rings. The zero-order chi connectivity index (χ0) is 25.1. The monoisotopic (exact) mass is 480 g/mol. The van der Waals surface area contributed by atoms with Crippen LogP contribution < -0.4 is 10.6 Å². The lowest BCUT2D eigenvalue weighted by Crippen LogP contribution is -2.45. The number of aliphatic carboxylic acids is 1. The first-order valence-electron chi connectivity index (χ1n) is 11.6. The summed E-state index contributed by atoms with van der Waals surface area (Å²) in [4.78, 5) is 26.9. The lowest BCUT2D eigenvalue weighted by molar-refractivity contribution is -0.139. The number of carbonyl (C=O) groups is 1. The van der Waals surface area contributed by atoms with Crippen LogP contribution in [0.25, 0.3) is 22.6 Å². The number of nitrogens with zero attached hydrogens (tertiary/aromatic N) is 7. The second-order valence-corrected chi connectivity index (χ2v) is 8.55. The summed E-state index contributed by atoms with van der Waals surface area (Å²) in [6.45, 7) is 1.03. The molecule has 4 heterocycles. The SMILES string of the molecule is C#Cc1cccc(-c2cc(-c3cn(Cc4cccc(N5CCCCC5C(=O)O)n4)nn3)nc(N)n2)c1. The van der Waals surface area contributed by atoms with Gasteiger partial charge in [-0.3, -0.25) is 0 Å². The quantitative estimate of drug-likeness (QED) is 0.399. The number of anilines is 2. The molecule has 5 rings (SSSR count). The van der Waals surface area contributed by atoms with Crippen molar-refractivity contribution in [2.75, 3.05) is 17.2 Å². The van der Waals surface area contributed by atoms with Crippen LogP contribution in [0.5, 0.6) is 0 Å². The summed E-state index contributed by atoms with van der Waals surface area (Å²) in [5.74, 6) is 2.57. The number of rotatable bonds is 6. The van der Waals surface area contributed by atoms with Crippen LogP contribution in [-0.4, -0.2) is 53.6 Å². The molecule has 0 bridgehead atoms. The van der Waals surface area contributed by atoms with E-state index in [2.05, 4.69) is 26.2 Å². The minimum Gasteiger partial charge on any atom is -0.480 e. The summed E-state index contributed by atoms with van der Waals surface area (Å²) in [5, 5.41) is 18.1. The molecule has 180 valence electrons. The third-order valence-electron chi connectivity index (χ3n) is 6.07. The first-order chi connectivity index (χ1) is 17.5. The average Bonchev–Trinajstić information content (AvgIpc) is 3.37. The van der Waals surface area contributed by atoms with Crippen LogP contribution in [0.4, 0.5) is 11.8 Å². The number of hydrogen-bond acceptors (Lipinski definition) is 8. The van der Waals surface area contributed by atoms with Crippen LogP contribution in [0.3, 0.4) is 0 Å². The maximum Gasteiger partial charge on any atom is 0.326 e. The Bertz CT molecular complexity index is 1460. The maximum atomic E-state index is 11.7. The van der Waals surface area contributed by atoms with Crippen molar-refractivity contribution in [2.24, 2.45) is 0 Å². The van der Waals surface area contributed by atoms with E-state index in [0.717, 1.165) is 29.7 Å². The molecular weight excluding hydrogens is 456 g/mol. The van der Waals surface area contributed by atoms with Gasteiger partial charge >= 0.3 is 5.97 Å². The summed E-state index contributed by atoms with van der Waals surface area (Å²) in [5.41, 5.74) is 10.00. The largest absolute Gasteiger partial charge is 0.480 e. The molecular formula is C26H24N8O2. The molecule has 0 aliphatic carbocycles. The van der Waals surface area contributed by atoms with Gasteiger partial charge in [0.15, 0.2) is 0 Å². The molecule has 3 aromatic heterocycles. The molecule has 4 aromatic rings. The van der Waals surface area contributed by atoms with Crippen LogP contribution in [0.2, 0.25) is 0 Å². The molecule has 1 atom stereocenters. The Morgan fingerprint density at radius 2 is 1.92 bits per heavy atom. The Labute approximate surface area is 207 Å². The highest BCUT2D eigenvalue weighted by atomic mass is 16.4. The van der Waals surface area contributed by atoms with E-state index in [1.807, 2.05) is 47.4 Å². The lowest BCUT2D eigenvalue weighted by Gasteiger charge is -2.34. The van der Waals surface area contributed by atoms with Crippen molar-refractivity contribution < 1.29 is 9.90 Å². The van der Waals surface area contributed by atoms with E-state index in [4.69, 9.17) is 17.1 Å². The minimum absolute atomic E-state index is 0.118. The molecule has 0 saturated carbocycles. The number of carboxylic acids is 1. The van der Waals surface area contributed by atoms with Gasteiger partial charge in [-0.1, -0.05) is 29.3 Å². The molecule has 10 heteroatoms. The van der Waals surface area contributed by atoms with Crippen LogP contribution in [0.1, 0.15) is 30.5 Å². The number of aromatic nitrogens is 6. The predicted molar refractivity (Wildman–Crippen MR) is 135 cm³/mol. The summed E-state index contributed by atoms with van der Waals surface area (Å²) in [7, 11) is 0. The van der Waals surface area contributed by atoms with E-state index in [0.29, 0.717) is 42.4 Å². The molecule has 0 amide bonds. The molecule has 1 aliphatic heterocycles. The van der Waals surface area contributed by atoms with Gasteiger partial charge in [-0.15, -0.1) is 11.5 Å². The van der Waals surface area contributed by atoms with E-state index in [1.165, 1.54) is 0 Å². The highest BCUT2D eigenvalue weighted by molar-refractivity contribution is 5.78. The van der Waals surface area contributed by atoms with Crippen LogP contribution in [0, 0.1) is 12.3 Å². The number of piperidine rings is 1. The Morgan fingerprint density at radius 1 is 1.08 bits per heavy atom. The van der Waals surface area contributed by atoms with Crippen molar-refractivity contribution in [3.05, 3.63) is 66.0 Å². The number of carboxylic acid groups (broad SMARTS) is 1. The Hall–Kier alpha value is -4.78. The van der Waals surface area contributed by atoms with Crippen molar-refractivity contribution in [3.8, 4) is 35.0 Å². The van der Waals surface area contributed by atoms with Gasteiger partial charge in [0.2, 0.25) is 5.95 Å². The average molecular weight is 481 g/mol. The van der Waals surface area contributed by atoms with Crippen molar-refractivity contribution in [1.29, 1.82) is 0 Å². The van der Waals surface area contributed by atoms with Crippen molar-refractivity contribution in [3.63, 3.8) is 0 Å². The molecule has 0 radical (unpaired) electrons. The third kappa shape index (κ3) is 4.86. The molecule has 3 N–H and O–H groups in total. The summed E-state index contributed by atoms with van der Waals surface area (Å²) >= 11 is 0. The van der Waals surface area contributed by atoms with E-state index >= 15 is 0 Å². The fraction of sp³-hybridized carbons (Fsp3) is 0.231. The fourth-order valence-corrected chi connectivity index (χ4v) is 4.35. The van der Waals surface area contributed by atoms with E-state index in [9.17, 15) is 9.90 Å². The van der Waals surface area contributed by atoms with Crippen LogP contribution >= 0.6 is 0 Å². The Morgan fingerprint density at radius 3 is 2.75 bits per heavy atom. The molecule has 10 nitrogen and oxygen atoms in total. The zero-order valence-electron chi connectivity index (χ0n) is 19.4. The van der Waals surface area contributed by atoms with Crippen molar-refractivity contribution >= 4 is 17.7 Å². The van der Waals surface area contributed by atoms with Crippen molar-refractivity contribution in [2.45, 2.75) is 31.8 Å². The van der Waals surface area contributed by atoms with Gasteiger partial charge in [-0.25, -0.2) is 24.4 Å².